The zero-order valence-electron chi connectivity index (χ0n) is 22.0. The van der Waals surface area contributed by atoms with Gasteiger partial charge < -0.3 is 11.1 Å². The number of thioether (sulfide) groups is 1. The number of carbonyl (C=O) groups is 1. The highest BCUT2D eigenvalue weighted by atomic mass is 32.2. The quantitative estimate of drug-likeness (QED) is 0.218. The van der Waals surface area contributed by atoms with Crippen LogP contribution >= 0.6 is 11.8 Å². The van der Waals surface area contributed by atoms with Crippen LogP contribution in [0.4, 0.5) is 17.3 Å². The van der Waals surface area contributed by atoms with Gasteiger partial charge in [-0.15, -0.1) is 11.8 Å². The Kier molecular flexibility index (Phi) is 9.19. The molecule has 0 bridgehead atoms. The molecule has 2 aromatic carbocycles. The summed E-state index contributed by atoms with van der Waals surface area (Å²) in [7, 11) is -3.84. The van der Waals surface area contributed by atoms with E-state index in [-0.39, 0.29) is 45.7 Å². The van der Waals surface area contributed by atoms with Gasteiger partial charge in [0.25, 0.3) is 10.0 Å². The molecule has 10 nitrogen and oxygen atoms in total. The predicted molar refractivity (Wildman–Crippen MR) is 158 cm³/mol. The van der Waals surface area contributed by atoms with Crippen molar-refractivity contribution in [2.45, 2.75) is 29.7 Å². The first-order chi connectivity index (χ1) is 19.7. The van der Waals surface area contributed by atoms with E-state index in [0.717, 1.165) is 12.0 Å². The number of carbonyl (C=O) groups excluding carboxylic acids is 1. The SMILES string of the molecule is CCc1ccc(-c2c(C#N)c(N)nc(SCCC(=O)Nc3ccc(S(=O)(=O)Nc4ccccn4)cc3)c2C#N)cc1. The number of anilines is 3. The summed E-state index contributed by atoms with van der Waals surface area (Å²) in [4.78, 5) is 20.8. The minimum atomic E-state index is -3.84. The number of nitriles is 2. The van der Waals surface area contributed by atoms with Gasteiger partial charge in [-0.2, -0.15) is 10.5 Å². The molecular weight excluding hydrogens is 558 g/mol. The van der Waals surface area contributed by atoms with Gasteiger partial charge in [-0.1, -0.05) is 37.3 Å². The molecule has 0 aliphatic carbocycles. The van der Waals surface area contributed by atoms with Gasteiger partial charge in [-0.25, -0.2) is 18.4 Å². The number of nitrogens with one attached hydrogen (secondary N) is 2. The predicted octanol–water partition coefficient (Wildman–Crippen LogP) is 4.95. The van der Waals surface area contributed by atoms with Gasteiger partial charge in [0.15, 0.2) is 0 Å². The molecule has 0 unspecified atom stereocenters. The van der Waals surface area contributed by atoms with Crippen LogP contribution in [-0.4, -0.2) is 30.0 Å². The number of hydrogen-bond acceptors (Lipinski definition) is 9. The average molecular weight is 584 g/mol. The maximum atomic E-state index is 12.6. The molecular formula is C29H25N7O3S2. The number of nitrogen functional groups attached to an aromatic ring is 1. The maximum absolute atomic E-state index is 12.6. The van der Waals surface area contributed by atoms with E-state index in [1.54, 1.807) is 12.1 Å². The van der Waals surface area contributed by atoms with Crippen LogP contribution < -0.4 is 15.8 Å². The lowest BCUT2D eigenvalue weighted by atomic mass is 9.96. The van der Waals surface area contributed by atoms with Crippen molar-refractivity contribution >= 4 is 45.0 Å². The molecule has 0 aliphatic heterocycles. The first-order valence-corrected chi connectivity index (χ1v) is 14.9. The lowest BCUT2D eigenvalue weighted by Crippen LogP contribution is -2.15. The number of nitrogens with zero attached hydrogens (tertiary/aromatic N) is 4. The van der Waals surface area contributed by atoms with Crippen molar-refractivity contribution in [3.8, 4) is 23.3 Å². The number of nitrogens with two attached hydrogens (primary N) is 1. The summed E-state index contributed by atoms with van der Waals surface area (Å²) in [6.45, 7) is 2.04. The topological polar surface area (TPSA) is 175 Å². The van der Waals surface area contributed by atoms with Crippen molar-refractivity contribution in [1.29, 1.82) is 10.5 Å². The molecule has 206 valence electrons. The lowest BCUT2D eigenvalue weighted by molar-refractivity contribution is -0.115. The van der Waals surface area contributed by atoms with Gasteiger partial charge in [0.05, 0.1) is 10.5 Å². The Bertz CT molecular complexity index is 1750. The van der Waals surface area contributed by atoms with Gasteiger partial charge >= 0.3 is 0 Å². The van der Waals surface area contributed by atoms with Crippen molar-refractivity contribution in [1.82, 2.24) is 9.97 Å². The summed E-state index contributed by atoms with van der Waals surface area (Å²) in [5.74, 6) is 0.186. The first kappa shape index (κ1) is 29.1. The molecule has 12 heteroatoms. The molecule has 0 aliphatic rings. The molecule has 4 N–H and O–H groups in total. The van der Waals surface area contributed by atoms with Crippen molar-refractivity contribution in [2.75, 3.05) is 21.5 Å². The van der Waals surface area contributed by atoms with Crippen molar-refractivity contribution in [3.63, 3.8) is 0 Å². The standard InChI is InChI=1S/C29H25N7O3S2/c1-2-19-6-8-20(9-7-19)27-23(17-30)28(32)35-29(24(27)18-31)40-16-14-26(37)34-21-10-12-22(13-11-21)41(38,39)36-25-5-3-4-15-33-25/h3-13,15H,2,14,16H2,1H3,(H2,32,35)(H,33,36)(H,34,37). The van der Waals surface area contributed by atoms with Gasteiger partial charge in [-0.3, -0.25) is 9.52 Å². The van der Waals surface area contributed by atoms with Crippen LogP contribution in [0, 0.1) is 22.7 Å². The van der Waals surface area contributed by atoms with Gasteiger partial charge in [0.1, 0.15) is 34.4 Å². The summed E-state index contributed by atoms with van der Waals surface area (Å²) in [5.41, 5.74) is 9.09. The highest BCUT2D eigenvalue weighted by molar-refractivity contribution is 7.99. The summed E-state index contributed by atoms with van der Waals surface area (Å²) in [5, 5.41) is 22.7. The molecule has 2 aromatic heterocycles. The maximum Gasteiger partial charge on any atom is 0.263 e. The van der Waals surface area contributed by atoms with Crippen LogP contribution in [0.15, 0.2) is 82.8 Å². The highest BCUT2D eigenvalue weighted by Crippen LogP contribution is 2.36. The molecule has 0 spiro atoms. The van der Waals surface area contributed by atoms with Crippen LogP contribution in [0.2, 0.25) is 0 Å². The number of amides is 1. The van der Waals surface area contributed by atoms with Gasteiger partial charge in [0.2, 0.25) is 5.91 Å². The van der Waals surface area contributed by atoms with E-state index in [1.807, 2.05) is 31.2 Å². The third-order valence-corrected chi connectivity index (χ3v) is 8.33. The monoisotopic (exact) mass is 583 g/mol. The number of aromatic nitrogens is 2. The van der Waals surface area contributed by atoms with E-state index in [2.05, 4.69) is 32.1 Å². The van der Waals surface area contributed by atoms with Crippen molar-refractivity contribution in [2.24, 2.45) is 0 Å². The Morgan fingerprint density at radius 1 is 1.00 bits per heavy atom. The minimum Gasteiger partial charge on any atom is -0.383 e. The normalized spacial score (nSPS) is 10.8. The third kappa shape index (κ3) is 7.00. The molecule has 0 atom stereocenters. The fourth-order valence-corrected chi connectivity index (χ4v) is 5.84. The van der Waals surface area contributed by atoms with Crippen LogP contribution in [0.25, 0.3) is 11.1 Å². The van der Waals surface area contributed by atoms with Gasteiger partial charge in [-0.05, 0) is 53.9 Å². The summed E-state index contributed by atoms with van der Waals surface area (Å²) in [6.07, 6.45) is 2.41. The summed E-state index contributed by atoms with van der Waals surface area (Å²) >= 11 is 1.19. The second-order valence-corrected chi connectivity index (χ2v) is 11.5. The first-order valence-electron chi connectivity index (χ1n) is 12.4. The Morgan fingerprint density at radius 2 is 1.71 bits per heavy atom. The molecule has 0 fully saturated rings. The zero-order valence-corrected chi connectivity index (χ0v) is 23.6. The zero-order chi connectivity index (χ0) is 29.4. The Labute approximate surface area is 242 Å². The van der Waals surface area contributed by atoms with E-state index in [1.165, 1.54) is 48.3 Å². The number of rotatable bonds is 10. The largest absolute Gasteiger partial charge is 0.383 e. The molecule has 4 aromatic rings. The van der Waals surface area contributed by atoms with E-state index in [9.17, 15) is 23.7 Å². The Balaban J connectivity index is 1.42. The van der Waals surface area contributed by atoms with Crippen molar-refractivity contribution < 1.29 is 13.2 Å². The Morgan fingerprint density at radius 3 is 2.32 bits per heavy atom. The van der Waals surface area contributed by atoms with Crippen LogP contribution in [0.3, 0.4) is 0 Å². The van der Waals surface area contributed by atoms with Crippen molar-refractivity contribution in [3.05, 3.63) is 89.6 Å². The fraction of sp³-hybridized carbons (Fsp3) is 0.138. The molecule has 4 rings (SSSR count). The van der Waals surface area contributed by atoms with Crippen LogP contribution in [-0.2, 0) is 21.2 Å². The number of aryl methyl sites for hydroxylation is 1. The van der Waals surface area contributed by atoms with Crippen LogP contribution in [0.5, 0.6) is 0 Å². The van der Waals surface area contributed by atoms with E-state index >= 15 is 0 Å². The summed E-state index contributed by atoms with van der Waals surface area (Å²) < 4.78 is 27.5. The number of hydrogen-bond donors (Lipinski definition) is 3. The summed E-state index contributed by atoms with van der Waals surface area (Å²) in [6, 6.07) is 22.4. The highest BCUT2D eigenvalue weighted by Gasteiger charge is 2.21. The third-order valence-electron chi connectivity index (χ3n) is 5.99. The lowest BCUT2D eigenvalue weighted by Gasteiger charge is -2.13. The van der Waals surface area contributed by atoms with Crippen LogP contribution in [0.1, 0.15) is 30.0 Å². The smallest absolute Gasteiger partial charge is 0.263 e. The average Bonchev–Trinajstić information content (AvgIpc) is 2.97. The Hall–Kier alpha value is -4.91. The molecule has 0 radical (unpaired) electrons. The number of benzene rings is 2. The van der Waals surface area contributed by atoms with E-state index < -0.39 is 10.0 Å². The van der Waals surface area contributed by atoms with E-state index in [4.69, 9.17) is 5.73 Å². The van der Waals surface area contributed by atoms with E-state index in [0.29, 0.717) is 21.8 Å². The minimum absolute atomic E-state index is 0.0144. The second-order valence-electron chi connectivity index (χ2n) is 8.69. The second kappa shape index (κ2) is 13.0. The number of sulfonamides is 1. The molecule has 0 saturated heterocycles. The van der Waals surface area contributed by atoms with Gasteiger partial charge in [0, 0.05) is 29.6 Å². The molecule has 41 heavy (non-hydrogen) atoms. The molecule has 0 saturated carbocycles. The fourth-order valence-electron chi connectivity index (χ4n) is 3.90. The molecule has 1 amide bonds. The molecule has 2 heterocycles. The number of pyridine rings is 2.